The van der Waals surface area contributed by atoms with Crippen LogP contribution in [0.15, 0.2) is 54.6 Å². The van der Waals surface area contributed by atoms with Gasteiger partial charge in [0.05, 0.1) is 12.9 Å². The molecule has 0 spiro atoms. The second-order valence-corrected chi connectivity index (χ2v) is 6.23. The maximum absolute atomic E-state index is 11.8. The Kier molecular flexibility index (Phi) is 7.54. The number of benzene rings is 2. The standard InChI is InChI=1S/C19H23NO2S/c1-22-18-12-6-5-10-17(18)11-7-13-20-19(21)15-23-14-16-8-3-2-4-9-16/h2-6,8-10,12H,7,11,13-15H2,1H3,(H,20,21). The Balaban J connectivity index is 1.59. The van der Waals surface area contributed by atoms with Crippen molar-refractivity contribution < 1.29 is 9.53 Å². The summed E-state index contributed by atoms with van der Waals surface area (Å²) in [6, 6.07) is 18.2. The summed E-state index contributed by atoms with van der Waals surface area (Å²) in [5, 5.41) is 2.98. The number of carbonyl (C=O) groups is 1. The van der Waals surface area contributed by atoms with Crippen LogP contribution in [-0.4, -0.2) is 25.3 Å². The second-order valence-electron chi connectivity index (χ2n) is 5.24. The summed E-state index contributed by atoms with van der Waals surface area (Å²) in [4.78, 5) is 11.8. The highest BCUT2D eigenvalue weighted by molar-refractivity contribution is 7.99. The Bertz CT molecular complexity index is 601. The predicted octanol–water partition coefficient (Wildman–Crippen LogP) is 3.68. The van der Waals surface area contributed by atoms with Gasteiger partial charge in [0.25, 0.3) is 0 Å². The Morgan fingerprint density at radius 2 is 1.83 bits per heavy atom. The van der Waals surface area contributed by atoms with Crippen LogP contribution >= 0.6 is 11.8 Å². The molecule has 2 rings (SSSR count). The van der Waals surface area contributed by atoms with Crippen molar-refractivity contribution in [2.24, 2.45) is 0 Å². The number of methoxy groups -OCH3 is 1. The molecule has 2 aromatic carbocycles. The Morgan fingerprint density at radius 1 is 1.09 bits per heavy atom. The number of ether oxygens (including phenoxy) is 1. The first-order chi connectivity index (χ1) is 11.3. The number of nitrogens with one attached hydrogen (secondary N) is 1. The lowest BCUT2D eigenvalue weighted by Crippen LogP contribution is -2.26. The zero-order valence-electron chi connectivity index (χ0n) is 13.5. The lowest BCUT2D eigenvalue weighted by Gasteiger charge is -2.08. The van der Waals surface area contributed by atoms with E-state index in [1.807, 2.05) is 36.4 Å². The zero-order valence-corrected chi connectivity index (χ0v) is 14.3. The number of aryl methyl sites for hydroxylation is 1. The summed E-state index contributed by atoms with van der Waals surface area (Å²) < 4.78 is 5.33. The summed E-state index contributed by atoms with van der Waals surface area (Å²) in [5.74, 6) is 2.39. The minimum absolute atomic E-state index is 0.103. The molecule has 0 fully saturated rings. The van der Waals surface area contributed by atoms with E-state index in [0.29, 0.717) is 12.3 Å². The van der Waals surface area contributed by atoms with Gasteiger partial charge in [0.15, 0.2) is 0 Å². The lowest BCUT2D eigenvalue weighted by molar-refractivity contribution is -0.118. The lowest BCUT2D eigenvalue weighted by atomic mass is 10.1. The molecular weight excluding hydrogens is 306 g/mol. The van der Waals surface area contributed by atoms with E-state index in [0.717, 1.165) is 24.3 Å². The molecule has 0 atom stereocenters. The summed E-state index contributed by atoms with van der Waals surface area (Å²) >= 11 is 1.64. The molecule has 1 amide bonds. The van der Waals surface area contributed by atoms with Gasteiger partial charge in [-0.05, 0) is 30.0 Å². The monoisotopic (exact) mass is 329 g/mol. The van der Waals surface area contributed by atoms with Crippen molar-refractivity contribution in [3.05, 3.63) is 65.7 Å². The van der Waals surface area contributed by atoms with Crippen LogP contribution < -0.4 is 10.1 Å². The molecule has 0 heterocycles. The van der Waals surface area contributed by atoms with Crippen molar-refractivity contribution in [1.82, 2.24) is 5.32 Å². The van der Waals surface area contributed by atoms with Gasteiger partial charge in [-0.1, -0.05) is 48.5 Å². The molecule has 23 heavy (non-hydrogen) atoms. The average molecular weight is 329 g/mol. The van der Waals surface area contributed by atoms with E-state index < -0.39 is 0 Å². The van der Waals surface area contributed by atoms with Crippen LogP contribution in [0.5, 0.6) is 5.75 Å². The van der Waals surface area contributed by atoms with Crippen molar-refractivity contribution in [2.45, 2.75) is 18.6 Å². The fraction of sp³-hybridized carbons (Fsp3) is 0.316. The van der Waals surface area contributed by atoms with Gasteiger partial charge < -0.3 is 10.1 Å². The quantitative estimate of drug-likeness (QED) is 0.713. The number of para-hydroxylation sites is 1. The van der Waals surface area contributed by atoms with E-state index in [9.17, 15) is 4.79 Å². The molecule has 0 bridgehead atoms. The largest absolute Gasteiger partial charge is 0.496 e. The maximum atomic E-state index is 11.8. The number of thioether (sulfide) groups is 1. The van der Waals surface area contributed by atoms with Crippen molar-refractivity contribution in [3.63, 3.8) is 0 Å². The predicted molar refractivity (Wildman–Crippen MR) is 96.9 cm³/mol. The van der Waals surface area contributed by atoms with E-state index in [4.69, 9.17) is 4.74 Å². The third kappa shape index (κ3) is 6.37. The van der Waals surface area contributed by atoms with Gasteiger partial charge >= 0.3 is 0 Å². The van der Waals surface area contributed by atoms with E-state index in [-0.39, 0.29) is 5.91 Å². The SMILES string of the molecule is COc1ccccc1CCCNC(=O)CSCc1ccccc1. The summed E-state index contributed by atoms with van der Waals surface area (Å²) in [7, 11) is 1.69. The molecule has 0 aromatic heterocycles. The molecule has 0 saturated carbocycles. The van der Waals surface area contributed by atoms with Crippen LogP contribution in [0.4, 0.5) is 0 Å². The van der Waals surface area contributed by atoms with Crippen LogP contribution in [0, 0.1) is 0 Å². The third-order valence-electron chi connectivity index (χ3n) is 3.48. The molecule has 0 aliphatic rings. The molecule has 2 aromatic rings. The van der Waals surface area contributed by atoms with Crippen LogP contribution in [-0.2, 0) is 17.0 Å². The Labute approximate surface area is 142 Å². The highest BCUT2D eigenvalue weighted by atomic mass is 32.2. The molecule has 0 saturated heterocycles. The van der Waals surface area contributed by atoms with Crippen LogP contribution in [0.1, 0.15) is 17.5 Å². The molecule has 3 nitrogen and oxygen atoms in total. The highest BCUT2D eigenvalue weighted by Gasteiger charge is 2.04. The van der Waals surface area contributed by atoms with E-state index in [1.165, 1.54) is 11.1 Å². The Morgan fingerprint density at radius 3 is 2.61 bits per heavy atom. The molecule has 0 aliphatic heterocycles. The fourth-order valence-corrected chi connectivity index (χ4v) is 3.12. The van der Waals surface area contributed by atoms with Crippen LogP contribution in [0.2, 0.25) is 0 Å². The summed E-state index contributed by atoms with van der Waals surface area (Å²) in [6.07, 6.45) is 1.82. The number of carbonyl (C=O) groups excluding carboxylic acids is 1. The van der Waals surface area contributed by atoms with Gasteiger partial charge in [0.1, 0.15) is 5.75 Å². The van der Waals surface area contributed by atoms with Crippen LogP contribution in [0.25, 0.3) is 0 Å². The van der Waals surface area contributed by atoms with Gasteiger partial charge in [0.2, 0.25) is 5.91 Å². The first kappa shape index (κ1) is 17.4. The highest BCUT2D eigenvalue weighted by Crippen LogP contribution is 2.18. The zero-order chi connectivity index (χ0) is 16.3. The van der Waals surface area contributed by atoms with E-state index >= 15 is 0 Å². The number of amides is 1. The van der Waals surface area contributed by atoms with Gasteiger partial charge in [-0.3, -0.25) is 4.79 Å². The molecular formula is C19H23NO2S. The first-order valence-electron chi connectivity index (χ1n) is 7.80. The van der Waals surface area contributed by atoms with Gasteiger partial charge in [-0.2, -0.15) is 0 Å². The number of rotatable bonds is 9. The van der Waals surface area contributed by atoms with Gasteiger partial charge in [-0.15, -0.1) is 11.8 Å². The van der Waals surface area contributed by atoms with Crippen molar-refractivity contribution in [2.75, 3.05) is 19.4 Å². The second kappa shape index (κ2) is 9.95. The van der Waals surface area contributed by atoms with Crippen molar-refractivity contribution in [1.29, 1.82) is 0 Å². The molecule has 0 unspecified atom stereocenters. The third-order valence-corrected chi connectivity index (χ3v) is 4.49. The van der Waals surface area contributed by atoms with Crippen molar-refractivity contribution >= 4 is 17.7 Å². The molecule has 0 radical (unpaired) electrons. The Hall–Kier alpha value is -1.94. The number of hydrogen-bond acceptors (Lipinski definition) is 3. The minimum Gasteiger partial charge on any atom is -0.496 e. The number of hydrogen-bond donors (Lipinski definition) is 1. The topological polar surface area (TPSA) is 38.3 Å². The van der Waals surface area contributed by atoms with E-state index in [2.05, 4.69) is 23.5 Å². The van der Waals surface area contributed by atoms with Crippen molar-refractivity contribution in [3.8, 4) is 5.75 Å². The van der Waals surface area contributed by atoms with Gasteiger partial charge in [0, 0.05) is 12.3 Å². The molecule has 4 heteroatoms. The van der Waals surface area contributed by atoms with E-state index in [1.54, 1.807) is 18.9 Å². The van der Waals surface area contributed by atoms with Gasteiger partial charge in [-0.25, -0.2) is 0 Å². The smallest absolute Gasteiger partial charge is 0.230 e. The minimum atomic E-state index is 0.103. The molecule has 0 aliphatic carbocycles. The summed E-state index contributed by atoms with van der Waals surface area (Å²) in [6.45, 7) is 0.697. The first-order valence-corrected chi connectivity index (χ1v) is 8.95. The fourth-order valence-electron chi connectivity index (χ4n) is 2.30. The molecule has 122 valence electrons. The molecule has 1 N–H and O–H groups in total. The van der Waals surface area contributed by atoms with Crippen LogP contribution in [0.3, 0.4) is 0 Å². The summed E-state index contributed by atoms with van der Waals surface area (Å²) in [5.41, 5.74) is 2.43. The average Bonchev–Trinajstić information content (AvgIpc) is 2.60. The normalized spacial score (nSPS) is 10.3. The maximum Gasteiger partial charge on any atom is 0.230 e.